The van der Waals surface area contributed by atoms with Crippen LogP contribution in [0.5, 0.6) is 5.75 Å². The molecule has 3 rings (SSSR count). The number of nitrogens with zero attached hydrogens (tertiary/aromatic N) is 6. The molecule has 1 aliphatic rings. The Morgan fingerprint density at radius 3 is 2.77 bits per heavy atom. The van der Waals surface area contributed by atoms with Crippen LogP contribution in [0.25, 0.3) is 0 Å². The largest absolute Gasteiger partial charge is 0.488 e. The van der Waals surface area contributed by atoms with Crippen molar-refractivity contribution in [3.05, 3.63) is 34.1 Å². The summed E-state index contributed by atoms with van der Waals surface area (Å²) in [7, 11) is 1.60. The fourth-order valence-corrected chi connectivity index (χ4v) is 3.25. The molecule has 2 unspecified atom stereocenters. The van der Waals surface area contributed by atoms with Gasteiger partial charge in [0, 0.05) is 12.6 Å². The van der Waals surface area contributed by atoms with Gasteiger partial charge in [0.2, 0.25) is 0 Å². The van der Waals surface area contributed by atoms with Gasteiger partial charge in [-0.1, -0.05) is 23.2 Å². The van der Waals surface area contributed by atoms with Gasteiger partial charge in [-0.05, 0) is 29.5 Å². The summed E-state index contributed by atoms with van der Waals surface area (Å²) in [6.45, 7) is 2.27. The van der Waals surface area contributed by atoms with E-state index >= 15 is 0 Å². The fraction of sp³-hybridized carbons (Fsp3) is 0.400. The number of hydrogen-bond donors (Lipinski definition) is 1. The summed E-state index contributed by atoms with van der Waals surface area (Å²) in [5, 5.41) is 26.8. The van der Waals surface area contributed by atoms with Crippen molar-refractivity contribution in [1.29, 1.82) is 0 Å². The van der Waals surface area contributed by atoms with Crippen molar-refractivity contribution < 1.29 is 14.6 Å². The quantitative estimate of drug-likeness (QED) is 0.734. The van der Waals surface area contributed by atoms with E-state index in [0.29, 0.717) is 12.3 Å². The number of carbonyl (C=O) groups is 1. The van der Waals surface area contributed by atoms with E-state index in [2.05, 4.69) is 20.6 Å². The number of hydrazone groups is 1. The summed E-state index contributed by atoms with van der Waals surface area (Å²) in [6.07, 6.45) is 0.408. The predicted octanol–water partition coefficient (Wildman–Crippen LogP) is 1.50. The number of aliphatic hydroxyl groups is 1. The second-order valence-corrected chi connectivity index (χ2v) is 6.52. The van der Waals surface area contributed by atoms with E-state index < -0.39 is 12.1 Å². The van der Waals surface area contributed by atoms with Gasteiger partial charge in [0.15, 0.2) is 17.8 Å². The van der Waals surface area contributed by atoms with Crippen LogP contribution in [0.2, 0.25) is 10.0 Å². The van der Waals surface area contributed by atoms with Gasteiger partial charge in [0.25, 0.3) is 0 Å². The first kappa shape index (κ1) is 18.6. The smallest absolute Gasteiger partial charge is 0.177 e. The molecule has 1 aromatic heterocycles. The van der Waals surface area contributed by atoms with Crippen LogP contribution < -0.4 is 4.74 Å². The third-order valence-corrected chi connectivity index (χ3v) is 4.67. The molecule has 2 atom stereocenters. The molecule has 0 aliphatic carbocycles. The van der Waals surface area contributed by atoms with E-state index in [-0.39, 0.29) is 33.7 Å². The molecule has 0 saturated heterocycles. The van der Waals surface area contributed by atoms with Crippen LogP contribution in [-0.2, 0) is 6.54 Å². The van der Waals surface area contributed by atoms with E-state index in [1.54, 1.807) is 14.0 Å². The second kappa shape index (κ2) is 7.56. The normalized spacial score (nSPS) is 19.6. The van der Waals surface area contributed by atoms with Gasteiger partial charge in [-0.2, -0.15) is 5.10 Å². The number of rotatable bonds is 6. The van der Waals surface area contributed by atoms with Crippen LogP contribution in [0.4, 0.5) is 0 Å². The lowest BCUT2D eigenvalue weighted by molar-refractivity contribution is 0.0165. The Morgan fingerprint density at radius 2 is 2.15 bits per heavy atom. The van der Waals surface area contributed by atoms with Crippen LogP contribution in [0.15, 0.2) is 23.6 Å². The van der Waals surface area contributed by atoms with Gasteiger partial charge in [0.1, 0.15) is 18.9 Å². The van der Waals surface area contributed by atoms with Gasteiger partial charge >= 0.3 is 0 Å². The van der Waals surface area contributed by atoms with Crippen LogP contribution in [-0.4, -0.2) is 61.7 Å². The third kappa shape index (κ3) is 3.50. The van der Waals surface area contributed by atoms with Crippen molar-refractivity contribution in [2.75, 3.05) is 13.7 Å². The summed E-state index contributed by atoms with van der Waals surface area (Å²) < 4.78 is 7.12. The molecule has 1 N–H and O–H groups in total. The molecule has 11 heteroatoms. The summed E-state index contributed by atoms with van der Waals surface area (Å²) >= 11 is 12.5. The number of tetrazole rings is 1. The number of aliphatic hydroxyl groups excluding tert-OH is 1. The van der Waals surface area contributed by atoms with Crippen LogP contribution in [0, 0.1) is 5.92 Å². The summed E-state index contributed by atoms with van der Waals surface area (Å²) in [5.41, 5.74) is 0.722. The van der Waals surface area contributed by atoms with Crippen molar-refractivity contribution >= 4 is 34.7 Å². The molecule has 0 amide bonds. The lowest BCUT2D eigenvalue weighted by Crippen LogP contribution is -2.35. The Labute approximate surface area is 159 Å². The monoisotopic (exact) mass is 398 g/mol. The minimum absolute atomic E-state index is 0.0915. The maximum atomic E-state index is 12.9. The van der Waals surface area contributed by atoms with E-state index in [9.17, 15) is 9.90 Å². The molecule has 2 heterocycles. The van der Waals surface area contributed by atoms with Gasteiger partial charge in [-0.25, -0.2) is 4.68 Å². The number of Topliss-reactive ketones (excluding diaryl/α,β-unsaturated/α-hetero) is 1. The van der Waals surface area contributed by atoms with Crippen molar-refractivity contribution in [2.45, 2.75) is 19.7 Å². The van der Waals surface area contributed by atoms with Crippen LogP contribution in [0.3, 0.4) is 0 Å². The average molecular weight is 399 g/mol. The summed E-state index contributed by atoms with van der Waals surface area (Å²) in [4.78, 5) is 12.9. The van der Waals surface area contributed by atoms with Gasteiger partial charge < -0.3 is 9.84 Å². The zero-order chi connectivity index (χ0) is 18.8. The number of hydrogen-bond acceptors (Lipinski definition) is 8. The highest BCUT2D eigenvalue weighted by Gasteiger charge is 2.38. The number of benzene rings is 1. The first-order valence-electron chi connectivity index (χ1n) is 7.72. The summed E-state index contributed by atoms with van der Waals surface area (Å²) in [6, 6.07) is 3.05. The van der Waals surface area contributed by atoms with Crippen molar-refractivity contribution in [1.82, 2.24) is 25.2 Å². The van der Waals surface area contributed by atoms with Gasteiger partial charge in [-0.15, -0.1) is 5.10 Å². The molecule has 9 nitrogen and oxygen atoms in total. The Bertz CT molecular complexity index is 842. The fourth-order valence-electron chi connectivity index (χ4n) is 2.67. The molecule has 1 aliphatic heterocycles. The maximum Gasteiger partial charge on any atom is 0.177 e. The molecular weight excluding hydrogens is 383 g/mol. The minimum atomic E-state index is -1.04. The number of ether oxygens (including phenoxy) is 1. The Morgan fingerprint density at radius 1 is 1.38 bits per heavy atom. The van der Waals surface area contributed by atoms with E-state index in [1.165, 1.54) is 28.2 Å². The molecule has 0 spiro atoms. The topological polar surface area (TPSA) is 106 Å². The number of carbonyl (C=O) groups excluding carboxylic acids is 1. The average Bonchev–Trinajstić information content (AvgIpc) is 3.19. The standard InChI is InChI=1S/C15H16Cl2N6O3/c1-8-11(15(25)22(2)19-8)13(24)9-3-4-10(16)14(12(9)17)26-6-5-23-7-18-20-21-23/h3-4,7,11,15,25H,5-6H2,1-2H3. The third-order valence-electron chi connectivity index (χ3n) is 4.00. The van der Waals surface area contributed by atoms with Gasteiger partial charge in [0.05, 0.1) is 22.3 Å². The Kier molecular flexibility index (Phi) is 5.40. The molecule has 138 valence electrons. The van der Waals surface area contributed by atoms with E-state index in [4.69, 9.17) is 27.9 Å². The Balaban J connectivity index is 1.80. The maximum absolute atomic E-state index is 12.9. The molecule has 0 bridgehead atoms. The number of halogens is 2. The molecule has 0 radical (unpaired) electrons. The van der Waals surface area contributed by atoms with Gasteiger partial charge in [-0.3, -0.25) is 9.80 Å². The summed E-state index contributed by atoms with van der Waals surface area (Å²) in [5.74, 6) is -0.953. The molecule has 1 aromatic carbocycles. The predicted molar refractivity (Wildman–Crippen MR) is 94.5 cm³/mol. The van der Waals surface area contributed by atoms with E-state index in [0.717, 1.165) is 0 Å². The second-order valence-electron chi connectivity index (χ2n) is 5.73. The highest BCUT2D eigenvalue weighted by molar-refractivity contribution is 6.39. The van der Waals surface area contributed by atoms with Crippen molar-refractivity contribution in [3.8, 4) is 5.75 Å². The number of aromatic nitrogens is 4. The lowest BCUT2D eigenvalue weighted by atomic mass is 9.93. The lowest BCUT2D eigenvalue weighted by Gasteiger charge is -2.20. The molecule has 26 heavy (non-hydrogen) atoms. The first-order chi connectivity index (χ1) is 12.4. The molecule has 2 aromatic rings. The molecule has 0 fully saturated rings. The molecule has 0 saturated carbocycles. The Hall–Kier alpha value is -2.23. The van der Waals surface area contributed by atoms with Crippen molar-refractivity contribution in [3.63, 3.8) is 0 Å². The number of ketones is 1. The zero-order valence-electron chi connectivity index (χ0n) is 14.0. The van der Waals surface area contributed by atoms with Crippen LogP contribution >= 0.6 is 23.2 Å². The molecular formula is C15H16Cl2N6O3. The first-order valence-corrected chi connectivity index (χ1v) is 8.47. The SMILES string of the molecule is CC1=NN(C)C(O)C1C(=O)c1ccc(Cl)c(OCCn2cnnn2)c1Cl. The highest BCUT2D eigenvalue weighted by atomic mass is 35.5. The van der Waals surface area contributed by atoms with Crippen molar-refractivity contribution in [2.24, 2.45) is 11.0 Å². The van der Waals surface area contributed by atoms with Crippen LogP contribution in [0.1, 0.15) is 17.3 Å². The minimum Gasteiger partial charge on any atom is -0.488 e. The van der Waals surface area contributed by atoms with E-state index in [1.807, 2.05) is 0 Å². The zero-order valence-corrected chi connectivity index (χ0v) is 15.5. The highest BCUT2D eigenvalue weighted by Crippen LogP contribution is 2.37.